The third-order valence-corrected chi connectivity index (χ3v) is 4.51. The number of hydrogen-bond donors (Lipinski definition) is 2. The zero-order chi connectivity index (χ0) is 14.9. The van der Waals surface area contributed by atoms with Gasteiger partial charge in [0.25, 0.3) is 0 Å². The SMILES string of the molecule is CC1(C)CCC(C(C(=O)O)c2cc(F)ccc2N)CC1. The molecular formula is C16H22FNO2. The normalized spacial score (nSPS) is 20.6. The summed E-state index contributed by atoms with van der Waals surface area (Å²) < 4.78 is 13.4. The number of carbonyl (C=O) groups is 1. The minimum Gasteiger partial charge on any atom is -0.481 e. The van der Waals surface area contributed by atoms with E-state index in [9.17, 15) is 14.3 Å². The third-order valence-electron chi connectivity index (χ3n) is 4.51. The van der Waals surface area contributed by atoms with E-state index in [1.54, 1.807) is 0 Å². The van der Waals surface area contributed by atoms with Crippen molar-refractivity contribution < 1.29 is 14.3 Å². The van der Waals surface area contributed by atoms with Crippen LogP contribution in [-0.2, 0) is 4.79 Å². The Labute approximate surface area is 119 Å². The molecule has 0 bridgehead atoms. The van der Waals surface area contributed by atoms with Crippen molar-refractivity contribution in [3.8, 4) is 0 Å². The van der Waals surface area contributed by atoms with E-state index in [1.807, 2.05) is 0 Å². The minimum absolute atomic E-state index is 0.0321. The average Bonchev–Trinajstić information content (AvgIpc) is 2.35. The number of aliphatic carboxylic acids is 1. The monoisotopic (exact) mass is 279 g/mol. The second-order valence-electron chi connectivity index (χ2n) is 6.59. The molecule has 3 N–H and O–H groups in total. The van der Waals surface area contributed by atoms with Gasteiger partial charge in [-0.1, -0.05) is 13.8 Å². The Morgan fingerprint density at radius 1 is 1.40 bits per heavy atom. The summed E-state index contributed by atoms with van der Waals surface area (Å²) in [4.78, 5) is 11.6. The molecule has 0 aliphatic heterocycles. The van der Waals surface area contributed by atoms with Gasteiger partial charge in [-0.05, 0) is 60.8 Å². The lowest BCUT2D eigenvalue weighted by atomic mass is 9.68. The Morgan fingerprint density at radius 2 is 2.00 bits per heavy atom. The van der Waals surface area contributed by atoms with Gasteiger partial charge < -0.3 is 10.8 Å². The van der Waals surface area contributed by atoms with E-state index < -0.39 is 17.7 Å². The Morgan fingerprint density at radius 3 is 2.55 bits per heavy atom. The summed E-state index contributed by atoms with van der Waals surface area (Å²) in [5.74, 6) is -2.02. The number of rotatable bonds is 3. The highest BCUT2D eigenvalue weighted by Gasteiger charge is 2.36. The molecule has 1 saturated carbocycles. The van der Waals surface area contributed by atoms with Crippen molar-refractivity contribution in [2.45, 2.75) is 45.4 Å². The summed E-state index contributed by atoms with van der Waals surface area (Å²) in [6.45, 7) is 4.41. The first-order valence-corrected chi connectivity index (χ1v) is 7.08. The Kier molecular flexibility index (Phi) is 4.02. The minimum atomic E-state index is -0.910. The second-order valence-corrected chi connectivity index (χ2v) is 6.59. The van der Waals surface area contributed by atoms with Crippen LogP contribution in [0.1, 0.15) is 51.0 Å². The number of nitrogen functional groups attached to an aromatic ring is 1. The van der Waals surface area contributed by atoms with Crippen LogP contribution in [0.25, 0.3) is 0 Å². The lowest BCUT2D eigenvalue weighted by molar-refractivity contribution is -0.140. The van der Waals surface area contributed by atoms with Crippen LogP contribution >= 0.6 is 0 Å². The number of halogens is 1. The van der Waals surface area contributed by atoms with Crippen LogP contribution < -0.4 is 5.73 Å². The van der Waals surface area contributed by atoms with Gasteiger partial charge in [0, 0.05) is 5.69 Å². The van der Waals surface area contributed by atoms with Gasteiger partial charge in [-0.25, -0.2) is 4.39 Å². The highest BCUT2D eigenvalue weighted by molar-refractivity contribution is 5.79. The number of anilines is 1. The predicted molar refractivity (Wildman–Crippen MR) is 76.9 cm³/mol. The van der Waals surface area contributed by atoms with Gasteiger partial charge in [0.1, 0.15) is 5.82 Å². The van der Waals surface area contributed by atoms with Gasteiger partial charge in [-0.15, -0.1) is 0 Å². The molecule has 0 saturated heterocycles. The number of benzene rings is 1. The lowest BCUT2D eigenvalue weighted by Gasteiger charge is -2.37. The summed E-state index contributed by atoms with van der Waals surface area (Å²) in [5.41, 5.74) is 6.91. The summed E-state index contributed by atoms with van der Waals surface area (Å²) >= 11 is 0. The number of nitrogens with two attached hydrogens (primary N) is 1. The van der Waals surface area contributed by atoms with E-state index in [0.29, 0.717) is 11.3 Å². The molecular weight excluding hydrogens is 257 g/mol. The molecule has 1 aliphatic carbocycles. The topological polar surface area (TPSA) is 63.3 Å². The molecule has 1 fully saturated rings. The maximum atomic E-state index is 13.4. The molecule has 1 atom stereocenters. The van der Waals surface area contributed by atoms with E-state index in [1.165, 1.54) is 18.2 Å². The quantitative estimate of drug-likeness (QED) is 0.827. The van der Waals surface area contributed by atoms with Crippen LogP contribution in [0, 0.1) is 17.2 Å². The van der Waals surface area contributed by atoms with Crippen LogP contribution in [0.4, 0.5) is 10.1 Å². The van der Waals surface area contributed by atoms with E-state index in [2.05, 4.69) is 13.8 Å². The van der Waals surface area contributed by atoms with Crippen molar-refractivity contribution in [2.75, 3.05) is 5.73 Å². The molecule has 1 aromatic carbocycles. The van der Waals surface area contributed by atoms with Gasteiger partial charge in [-0.3, -0.25) is 4.79 Å². The second kappa shape index (κ2) is 5.43. The van der Waals surface area contributed by atoms with Crippen molar-refractivity contribution >= 4 is 11.7 Å². The first kappa shape index (κ1) is 14.8. The molecule has 0 aromatic heterocycles. The molecule has 4 heteroatoms. The van der Waals surface area contributed by atoms with Gasteiger partial charge >= 0.3 is 5.97 Å². The van der Waals surface area contributed by atoms with E-state index >= 15 is 0 Å². The lowest BCUT2D eigenvalue weighted by Crippen LogP contribution is -2.29. The molecule has 1 aromatic rings. The van der Waals surface area contributed by atoms with Crippen LogP contribution in [-0.4, -0.2) is 11.1 Å². The van der Waals surface area contributed by atoms with Crippen molar-refractivity contribution in [1.82, 2.24) is 0 Å². The zero-order valence-electron chi connectivity index (χ0n) is 12.0. The van der Waals surface area contributed by atoms with Crippen molar-refractivity contribution in [1.29, 1.82) is 0 Å². The van der Waals surface area contributed by atoms with Gasteiger partial charge in [0.2, 0.25) is 0 Å². The average molecular weight is 279 g/mol. The van der Waals surface area contributed by atoms with Crippen LogP contribution in [0.5, 0.6) is 0 Å². The molecule has 1 aliphatic rings. The standard InChI is InChI=1S/C16H22FNO2/c1-16(2)7-5-10(6-8-16)14(15(19)20)12-9-11(17)3-4-13(12)18/h3-4,9-10,14H,5-8,18H2,1-2H3,(H,19,20). The van der Waals surface area contributed by atoms with Gasteiger partial charge in [0.15, 0.2) is 0 Å². The van der Waals surface area contributed by atoms with Crippen molar-refractivity contribution in [3.63, 3.8) is 0 Å². The largest absolute Gasteiger partial charge is 0.481 e. The first-order valence-electron chi connectivity index (χ1n) is 7.08. The highest BCUT2D eigenvalue weighted by Crippen LogP contribution is 2.44. The smallest absolute Gasteiger partial charge is 0.311 e. The van der Waals surface area contributed by atoms with Gasteiger partial charge in [0.05, 0.1) is 5.92 Å². The predicted octanol–water partition coefficient (Wildman–Crippen LogP) is 3.79. The van der Waals surface area contributed by atoms with Crippen LogP contribution in [0.15, 0.2) is 18.2 Å². The Balaban J connectivity index is 2.28. The molecule has 0 heterocycles. The fraction of sp³-hybridized carbons (Fsp3) is 0.562. The first-order chi connectivity index (χ1) is 9.30. The Hall–Kier alpha value is -1.58. The molecule has 3 nitrogen and oxygen atoms in total. The van der Waals surface area contributed by atoms with Gasteiger partial charge in [-0.2, -0.15) is 0 Å². The van der Waals surface area contributed by atoms with E-state index in [4.69, 9.17) is 5.73 Å². The number of carboxylic acid groups (broad SMARTS) is 1. The molecule has 1 unspecified atom stereocenters. The van der Waals surface area contributed by atoms with Crippen molar-refractivity contribution in [3.05, 3.63) is 29.6 Å². The summed E-state index contributed by atoms with van der Waals surface area (Å²) in [6, 6.07) is 3.99. The maximum Gasteiger partial charge on any atom is 0.311 e. The highest BCUT2D eigenvalue weighted by atomic mass is 19.1. The van der Waals surface area contributed by atoms with E-state index in [0.717, 1.165) is 25.7 Å². The third kappa shape index (κ3) is 3.11. The maximum absolute atomic E-state index is 13.4. The molecule has 110 valence electrons. The molecule has 2 rings (SSSR count). The molecule has 0 radical (unpaired) electrons. The summed E-state index contributed by atoms with van der Waals surface area (Å²) in [6.07, 6.45) is 3.69. The zero-order valence-corrected chi connectivity index (χ0v) is 12.0. The van der Waals surface area contributed by atoms with Crippen LogP contribution in [0.3, 0.4) is 0 Å². The molecule has 0 spiro atoms. The summed E-state index contributed by atoms with van der Waals surface area (Å²) in [7, 11) is 0. The summed E-state index contributed by atoms with van der Waals surface area (Å²) in [5, 5.41) is 9.55. The Bertz CT molecular complexity index is 503. The fourth-order valence-electron chi connectivity index (χ4n) is 3.16. The molecule has 20 heavy (non-hydrogen) atoms. The number of hydrogen-bond acceptors (Lipinski definition) is 2. The van der Waals surface area contributed by atoms with E-state index in [-0.39, 0.29) is 11.3 Å². The van der Waals surface area contributed by atoms with Crippen molar-refractivity contribution in [2.24, 2.45) is 11.3 Å². The van der Waals surface area contributed by atoms with Crippen LogP contribution in [0.2, 0.25) is 0 Å². The number of carboxylic acids is 1. The molecule has 0 amide bonds. The fourth-order valence-corrected chi connectivity index (χ4v) is 3.16.